The van der Waals surface area contributed by atoms with Crippen LogP contribution in [0.3, 0.4) is 0 Å². The van der Waals surface area contributed by atoms with E-state index in [-0.39, 0.29) is 0 Å². The van der Waals surface area contributed by atoms with Gasteiger partial charge in [-0.25, -0.2) is 0 Å². The number of nitrogens with two attached hydrogens (primary N) is 1. The van der Waals surface area contributed by atoms with Gasteiger partial charge in [-0.15, -0.1) is 0 Å². The van der Waals surface area contributed by atoms with Gasteiger partial charge < -0.3 is 10.5 Å². The molecule has 72 valence electrons. The molecule has 0 saturated heterocycles. The molecule has 0 aliphatic carbocycles. The number of benzene rings is 1. The second kappa shape index (κ2) is 3.54. The van der Waals surface area contributed by atoms with E-state index in [1.165, 1.54) is 0 Å². The predicted octanol–water partition coefficient (Wildman–Crippen LogP) is 2.22. The molecule has 2 N–H and O–H groups in total. The Kier molecular flexibility index (Phi) is 2.23. The first kappa shape index (κ1) is 8.81. The maximum atomic E-state index is 5.79. The van der Waals surface area contributed by atoms with Crippen molar-refractivity contribution in [2.45, 2.75) is 6.92 Å². The Morgan fingerprint density at radius 3 is 2.93 bits per heavy atom. The van der Waals surface area contributed by atoms with Crippen LogP contribution in [0.1, 0.15) is 6.92 Å². The number of para-hydroxylation sites is 1. The van der Waals surface area contributed by atoms with Crippen LogP contribution >= 0.6 is 0 Å². The predicted molar refractivity (Wildman–Crippen MR) is 57.3 cm³/mol. The fourth-order valence-electron chi connectivity index (χ4n) is 1.44. The molecule has 0 fully saturated rings. The summed E-state index contributed by atoms with van der Waals surface area (Å²) in [6.07, 6.45) is 1.63. The fraction of sp³-hybridized carbons (Fsp3) is 0.182. The van der Waals surface area contributed by atoms with Gasteiger partial charge in [0, 0.05) is 5.39 Å². The normalized spacial score (nSPS) is 10.4. The highest BCUT2D eigenvalue weighted by molar-refractivity contribution is 5.89. The molecule has 1 heterocycles. The van der Waals surface area contributed by atoms with Crippen molar-refractivity contribution < 1.29 is 4.74 Å². The number of nitrogen functional groups attached to an aromatic ring is 1. The monoisotopic (exact) mass is 188 g/mol. The number of fused-ring (bicyclic) bond motifs is 1. The van der Waals surface area contributed by atoms with Crippen molar-refractivity contribution in [2.75, 3.05) is 12.3 Å². The number of ether oxygens (including phenoxy) is 1. The van der Waals surface area contributed by atoms with Gasteiger partial charge in [0.05, 0.1) is 24.0 Å². The van der Waals surface area contributed by atoms with Crippen molar-refractivity contribution in [1.29, 1.82) is 0 Å². The second-order valence-corrected chi connectivity index (χ2v) is 2.99. The standard InChI is InChI=1S/C11H12N2O/c1-2-14-11-8-5-3-4-6-10(8)13-7-9(11)12/h3-7H,2,12H2,1H3. The van der Waals surface area contributed by atoms with Crippen molar-refractivity contribution in [2.24, 2.45) is 0 Å². The zero-order valence-electron chi connectivity index (χ0n) is 8.03. The number of rotatable bonds is 2. The summed E-state index contributed by atoms with van der Waals surface area (Å²) in [5.41, 5.74) is 7.28. The zero-order chi connectivity index (χ0) is 9.97. The molecule has 14 heavy (non-hydrogen) atoms. The maximum Gasteiger partial charge on any atom is 0.153 e. The highest BCUT2D eigenvalue weighted by Crippen LogP contribution is 2.29. The number of hydrogen-bond donors (Lipinski definition) is 1. The van der Waals surface area contributed by atoms with Crippen LogP contribution in [-0.4, -0.2) is 11.6 Å². The average Bonchev–Trinajstić information content (AvgIpc) is 2.23. The number of aromatic nitrogens is 1. The Labute approximate surface area is 82.5 Å². The molecule has 0 radical (unpaired) electrons. The molecular weight excluding hydrogens is 176 g/mol. The summed E-state index contributed by atoms with van der Waals surface area (Å²) in [6.45, 7) is 2.55. The third-order valence-electron chi connectivity index (χ3n) is 2.04. The minimum absolute atomic E-state index is 0.588. The lowest BCUT2D eigenvalue weighted by atomic mass is 10.2. The summed E-state index contributed by atoms with van der Waals surface area (Å²) in [7, 11) is 0. The van der Waals surface area contributed by atoms with Crippen LogP contribution in [-0.2, 0) is 0 Å². The lowest BCUT2D eigenvalue weighted by Crippen LogP contribution is -1.98. The number of anilines is 1. The Morgan fingerprint density at radius 1 is 1.36 bits per heavy atom. The molecule has 1 aromatic carbocycles. The van der Waals surface area contributed by atoms with Gasteiger partial charge in [-0.1, -0.05) is 12.1 Å². The number of pyridine rings is 1. The third-order valence-corrected chi connectivity index (χ3v) is 2.04. The summed E-state index contributed by atoms with van der Waals surface area (Å²) in [5, 5.41) is 0.967. The van der Waals surface area contributed by atoms with Crippen molar-refractivity contribution in [3.63, 3.8) is 0 Å². The summed E-state index contributed by atoms with van der Waals surface area (Å²) < 4.78 is 5.48. The maximum absolute atomic E-state index is 5.79. The van der Waals surface area contributed by atoms with E-state index in [0.29, 0.717) is 12.3 Å². The molecule has 1 aromatic heterocycles. The molecule has 2 aromatic rings. The minimum atomic E-state index is 0.588. The van der Waals surface area contributed by atoms with Crippen molar-refractivity contribution in [1.82, 2.24) is 4.98 Å². The number of hydrogen-bond acceptors (Lipinski definition) is 3. The van der Waals surface area contributed by atoms with Crippen LogP contribution in [0.2, 0.25) is 0 Å². The van der Waals surface area contributed by atoms with E-state index in [1.54, 1.807) is 6.20 Å². The summed E-state index contributed by atoms with van der Waals surface area (Å²) >= 11 is 0. The average molecular weight is 188 g/mol. The van der Waals surface area contributed by atoms with Crippen LogP contribution in [0.15, 0.2) is 30.5 Å². The van der Waals surface area contributed by atoms with Gasteiger partial charge in [0.2, 0.25) is 0 Å². The molecule has 0 bridgehead atoms. The summed E-state index contributed by atoms with van der Waals surface area (Å²) in [4.78, 5) is 4.22. The van der Waals surface area contributed by atoms with E-state index < -0.39 is 0 Å². The lowest BCUT2D eigenvalue weighted by molar-refractivity contribution is 0.346. The van der Waals surface area contributed by atoms with Crippen LogP contribution in [0.4, 0.5) is 5.69 Å². The molecule has 0 unspecified atom stereocenters. The third kappa shape index (κ3) is 1.37. The van der Waals surface area contributed by atoms with Crippen LogP contribution in [0.25, 0.3) is 10.9 Å². The molecule has 3 heteroatoms. The van der Waals surface area contributed by atoms with E-state index in [0.717, 1.165) is 16.7 Å². The Morgan fingerprint density at radius 2 is 2.14 bits per heavy atom. The topological polar surface area (TPSA) is 48.1 Å². The van der Waals surface area contributed by atoms with Gasteiger partial charge >= 0.3 is 0 Å². The Hall–Kier alpha value is -1.77. The van der Waals surface area contributed by atoms with E-state index in [1.807, 2.05) is 31.2 Å². The first-order valence-corrected chi connectivity index (χ1v) is 4.59. The zero-order valence-corrected chi connectivity index (χ0v) is 8.03. The molecule has 0 spiro atoms. The van der Waals surface area contributed by atoms with Crippen molar-refractivity contribution in [3.8, 4) is 5.75 Å². The molecule has 0 aliphatic rings. The quantitative estimate of drug-likeness (QED) is 0.786. The molecule has 3 nitrogen and oxygen atoms in total. The summed E-state index contributed by atoms with van der Waals surface area (Å²) in [6, 6.07) is 7.80. The first-order valence-electron chi connectivity index (χ1n) is 4.59. The SMILES string of the molecule is CCOc1c(N)cnc2ccccc12. The first-order chi connectivity index (χ1) is 6.83. The summed E-state index contributed by atoms with van der Waals surface area (Å²) in [5.74, 6) is 0.734. The lowest BCUT2D eigenvalue weighted by Gasteiger charge is -2.09. The van der Waals surface area contributed by atoms with E-state index >= 15 is 0 Å². The molecule has 0 atom stereocenters. The highest BCUT2D eigenvalue weighted by atomic mass is 16.5. The van der Waals surface area contributed by atoms with E-state index in [4.69, 9.17) is 10.5 Å². The molecule has 0 aliphatic heterocycles. The van der Waals surface area contributed by atoms with Crippen molar-refractivity contribution >= 4 is 16.6 Å². The van der Waals surface area contributed by atoms with Gasteiger partial charge in [-0.2, -0.15) is 0 Å². The second-order valence-electron chi connectivity index (χ2n) is 2.99. The minimum Gasteiger partial charge on any atom is -0.491 e. The van der Waals surface area contributed by atoms with Gasteiger partial charge in [-0.05, 0) is 19.1 Å². The molecule has 2 rings (SSSR count). The van der Waals surface area contributed by atoms with E-state index in [9.17, 15) is 0 Å². The van der Waals surface area contributed by atoms with Crippen LogP contribution in [0.5, 0.6) is 5.75 Å². The van der Waals surface area contributed by atoms with Gasteiger partial charge in [0.15, 0.2) is 5.75 Å². The van der Waals surface area contributed by atoms with E-state index in [2.05, 4.69) is 4.98 Å². The Bertz CT molecular complexity index is 454. The largest absolute Gasteiger partial charge is 0.491 e. The van der Waals surface area contributed by atoms with Crippen LogP contribution < -0.4 is 10.5 Å². The van der Waals surface area contributed by atoms with Crippen molar-refractivity contribution in [3.05, 3.63) is 30.5 Å². The molecular formula is C11H12N2O. The molecule has 0 saturated carbocycles. The van der Waals surface area contributed by atoms with Gasteiger partial charge in [0.1, 0.15) is 0 Å². The Balaban J connectivity index is 2.69. The van der Waals surface area contributed by atoms with Gasteiger partial charge in [-0.3, -0.25) is 4.98 Å². The number of nitrogens with zero attached hydrogens (tertiary/aromatic N) is 1. The van der Waals surface area contributed by atoms with Gasteiger partial charge in [0.25, 0.3) is 0 Å². The smallest absolute Gasteiger partial charge is 0.153 e. The molecule has 0 amide bonds. The highest BCUT2D eigenvalue weighted by Gasteiger charge is 2.05. The van der Waals surface area contributed by atoms with Crippen LogP contribution in [0, 0.1) is 0 Å². The fourth-order valence-corrected chi connectivity index (χ4v) is 1.44.